The Bertz CT molecular complexity index is 529. The van der Waals surface area contributed by atoms with E-state index in [1.54, 1.807) is 24.0 Å². The summed E-state index contributed by atoms with van der Waals surface area (Å²) in [7, 11) is -2.96. The van der Waals surface area contributed by atoms with Crippen LogP contribution in [-0.4, -0.2) is 33.0 Å². The van der Waals surface area contributed by atoms with E-state index in [1.807, 2.05) is 0 Å². The molecular formula is C12H17FN2O2S. The fraction of sp³-hybridized carbons (Fsp3) is 0.500. The predicted octanol–water partition coefficient (Wildman–Crippen LogP) is 1.08. The van der Waals surface area contributed by atoms with Crippen molar-refractivity contribution in [2.45, 2.75) is 13.0 Å². The van der Waals surface area contributed by atoms with Crippen molar-refractivity contribution in [3.63, 3.8) is 0 Å². The van der Waals surface area contributed by atoms with Gasteiger partial charge in [0, 0.05) is 19.1 Å². The molecule has 1 aliphatic heterocycles. The van der Waals surface area contributed by atoms with E-state index in [2.05, 4.69) is 0 Å². The maximum atomic E-state index is 13.9. The zero-order valence-corrected chi connectivity index (χ0v) is 11.1. The van der Waals surface area contributed by atoms with Gasteiger partial charge in [0.2, 0.25) is 0 Å². The first-order chi connectivity index (χ1) is 8.41. The molecule has 2 N–H and O–H groups in total. The molecule has 1 fully saturated rings. The number of hydrogen-bond donors (Lipinski definition) is 1. The van der Waals surface area contributed by atoms with Gasteiger partial charge < -0.3 is 10.6 Å². The second kappa shape index (κ2) is 4.85. The van der Waals surface area contributed by atoms with E-state index in [-0.39, 0.29) is 23.4 Å². The minimum Gasteiger partial charge on any atom is -0.367 e. The molecule has 0 spiro atoms. The second-order valence-corrected chi connectivity index (χ2v) is 6.91. The first kappa shape index (κ1) is 13.3. The summed E-state index contributed by atoms with van der Waals surface area (Å²) in [4.78, 5) is 1.77. The molecule has 0 amide bonds. The van der Waals surface area contributed by atoms with Crippen LogP contribution in [0, 0.1) is 5.82 Å². The van der Waals surface area contributed by atoms with Crippen LogP contribution in [0.25, 0.3) is 0 Å². The van der Waals surface area contributed by atoms with Crippen LogP contribution in [0.5, 0.6) is 0 Å². The fourth-order valence-electron chi connectivity index (χ4n) is 2.17. The van der Waals surface area contributed by atoms with E-state index in [0.717, 1.165) is 0 Å². The Labute approximate surface area is 107 Å². The van der Waals surface area contributed by atoms with Gasteiger partial charge in [0.1, 0.15) is 5.82 Å². The van der Waals surface area contributed by atoms with Crippen molar-refractivity contribution >= 4 is 15.5 Å². The van der Waals surface area contributed by atoms with Gasteiger partial charge in [0.05, 0.1) is 17.2 Å². The SMILES string of the molecule is C[C@H](N)c1cccc(F)c1N1CCS(=O)(=O)CC1. The van der Waals surface area contributed by atoms with Crippen LogP contribution in [0.3, 0.4) is 0 Å². The van der Waals surface area contributed by atoms with Crippen molar-refractivity contribution in [3.05, 3.63) is 29.6 Å². The molecule has 0 aliphatic carbocycles. The van der Waals surface area contributed by atoms with Gasteiger partial charge in [-0.2, -0.15) is 0 Å². The van der Waals surface area contributed by atoms with Crippen molar-refractivity contribution < 1.29 is 12.8 Å². The van der Waals surface area contributed by atoms with E-state index >= 15 is 0 Å². The number of benzene rings is 1. The summed E-state index contributed by atoms with van der Waals surface area (Å²) in [6.45, 7) is 2.44. The van der Waals surface area contributed by atoms with Crippen LogP contribution in [0.1, 0.15) is 18.5 Å². The van der Waals surface area contributed by atoms with E-state index in [4.69, 9.17) is 5.73 Å². The number of nitrogens with zero attached hydrogens (tertiary/aromatic N) is 1. The molecular weight excluding hydrogens is 255 g/mol. The smallest absolute Gasteiger partial charge is 0.153 e. The third-order valence-corrected chi connectivity index (χ3v) is 4.78. The van der Waals surface area contributed by atoms with Crippen LogP contribution < -0.4 is 10.6 Å². The van der Waals surface area contributed by atoms with Gasteiger partial charge in [-0.15, -0.1) is 0 Å². The lowest BCUT2D eigenvalue weighted by molar-refractivity contribution is 0.580. The molecule has 18 heavy (non-hydrogen) atoms. The Hall–Kier alpha value is -1.14. The Kier molecular flexibility index (Phi) is 3.59. The third kappa shape index (κ3) is 2.64. The summed E-state index contributed by atoms with van der Waals surface area (Å²) in [5.41, 5.74) is 7.00. The maximum Gasteiger partial charge on any atom is 0.153 e. The number of hydrogen-bond acceptors (Lipinski definition) is 4. The lowest BCUT2D eigenvalue weighted by atomic mass is 10.1. The molecule has 1 saturated heterocycles. The summed E-state index contributed by atoms with van der Waals surface area (Å²) in [6.07, 6.45) is 0. The normalized spacial score (nSPS) is 20.7. The molecule has 1 heterocycles. The van der Waals surface area contributed by atoms with Gasteiger partial charge in [-0.25, -0.2) is 12.8 Å². The quantitative estimate of drug-likeness (QED) is 0.875. The van der Waals surface area contributed by atoms with Crippen LogP contribution >= 0.6 is 0 Å². The second-order valence-electron chi connectivity index (χ2n) is 4.61. The lowest BCUT2D eigenvalue weighted by Crippen LogP contribution is -2.41. The molecule has 4 nitrogen and oxygen atoms in total. The zero-order chi connectivity index (χ0) is 13.3. The van der Waals surface area contributed by atoms with Crippen LogP contribution in [0.4, 0.5) is 10.1 Å². The molecule has 0 radical (unpaired) electrons. The summed E-state index contributed by atoms with van der Waals surface area (Å²) in [6, 6.07) is 4.50. The summed E-state index contributed by atoms with van der Waals surface area (Å²) < 4.78 is 36.7. The molecule has 0 saturated carbocycles. The van der Waals surface area contributed by atoms with E-state index in [0.29, 0.717) is 24.3 Å². The molecule has 1 aliphatic rings. The standard InChI is InChI=1S/C12H17FN2O2S/c1-9(14)10-3-2-4-11(13)12(10)15-5-7-18(16,17)8-6-15/h2-4,9H,5-8,14H2,1H3/t9-/m0/s1. The minimum absolute atomic E-state index is 0.0692. The van der Waals surface area contributed by atoms with Crippen LogP contribution in [-0.2, 0) is 9.84 Å². The molecule has 0 aromatic heterocycles. The van der Waals surface area contributed by atoms with Gasteiger partial charge in [-0.3, -0.25) is 0 Å². The van der Waals surface area contributed by atoms with Crippen LogP contribution in [0.15, 0.2) is 18.2 Å². The molecule has 2 rings (SSSR count). The summed E-state index contributed by atoms with van der Waals surface area (Å²) >= 11 is 0. The largest absolute Gasteiger partial charge is 0.367 e. The first-order valence-electron chi connectivity index (χ1n) is 5.90. The highest BCUT2D eigenvalue weighted by Crippen LogP contribution is 2.29. The predicted molar refractivity (Wildman–Crippen MR) is 69.9 cm³/mol. The third-order valence-electron chi connectivity index (χ3n) is 3.17. The monoisotopic (exact) mass is 272 g/mol. The Balaban J connectivity index is 2.34. The highest BCUT2D eigenvalue weighted by molar-refractivity contribution is 7.91. The highest BCUT2D eigenvalue weighted by atomic mass is 32.2. The number of sulfone groups is 1. The van der Waals surface area contributed by atoms with Gasteiger partial charge in [0.25, 0.3) is 0 Å². The van der Waals surface area contributed by atoms with Crippen molar-refractivity contribution in [2.24, 2.45) is 5.73 Å². The molecule has 0 unspecified atom stereocenters. The van der Waals surface area contributed by atoms with Gasteiger partial charge in [-0.1, -0.05) is 12.1 Å². The zero-order valence-electron chi connectivity index (χ0n) is 10.3. The summed E-state index contributed by atoms with van der Waals surface area (Å²) in [5, 5.41) is 0. The molecule has 100 valence electrons. The van der Waals surface area contributed by atoms with E-state index in [1.165, 1.54) is 6.07 Å². The Morgan fingerprint density at radius 3 is 2.50 bits per heavy atom. The van der Waals surface area contributed by atoms with E-state index < -0.39 is 9.84 Å². The Morgan fingerprint density at radius 1 is 1.33 bits per heavy atom. The number of anilines is 1. The Morgan fingerprint density at radius 2 is 1.94 bits per heavy atom. The lowest BCUT2D eigenvalue weighted by Gasteiger charge is -2.31. The van der Waals surface area contributed by atoms with Gasteiger partial charge in [-0.05, 0) is 18.6 Å². The number of rotatable bonds is 2. The van der Waals surface area contributed by atoms with Crippen LogP contribution in [0.2, 0.25) is 0 Å². The molecule has 6 heteroatoms. The van der Waals surface area contributed by atoms with E-state index in [9.17, 15) is 12.8 Å². The first-order valence-corrected chi connectivity index (χ1v) is 7.72. The number of nitrogens with two attached hydrogens (primary N) is 1. The van der Waals surface area contributed by atoms with Gasteiger partial charge >= 0.3 is 0 Å². The van der Waals surface area contributed by atoms with Crippen molar-refractivity contribution in [1.82, 2.24) is 0 Å². The maximum absolute atomic E-state index is 13.9. The number of para-hydroxylation sites is 1. The average molecular weight is 272 g/mol. The molecule has 0 bridgehead atoms. The molecule has 1 atom stereocenters. The molecule has 1 aromatic rings. The molecule has 1 aromatic carbocycles. The van der Waals surface area contributed by atoms with Crippen molar-refractivity contribution in [1.29, 1.82) is 0 Å². The van der Waals surface area contributed by atoms with Crippen molar-refractivity contribution in [3.8, 4) is 0 Å². The summed E-state index contributed by atoms with van der Waals surface area (Å²) in [5.74, 6) is -0.205. The van der Waals surface area contributed by atoms with Crippen molar-refractivity contribution in [2.75, 3.05) is 29.5 Å². The van der Waals surface area contributed by atoms with Gasteiger partial charge in [0.15, 0.2) is 9.84 Å². The average Bonchev–Trinajstić information content (AvgIpc) is 2.29. The number of halogens is 1. The highest BCUT2D eigenvalue weighted by Gasteiger charge is 2.25. The topological polar surface area (TPSA) is 63.4 Å². The minimum atomic E-state index is -2.96. The fourth-order valence-corrected chi connectivity index (χ4v) is 3.37.